The van der Waals surface area contributed by atoms with E-state index in [1.807, 2.05) is 48.7 Å². The van der Waals surface area contributed by atoms with Crippen molar-refractivity contribution in [2.75, 3.05) is 19.5 Å². The maximum absolute atomic E-state index is 12.2. The smallest absolute Gasteiger partial charge is 0.248 e. The van der Waals surface area contributed by atoms with Crippen molar-refractivity contribution in [3.8, 4) is 11.5 Å². The van der Waals surface area contributed by atoms with Crippen molar-refractivity contribution in [2.24, 2.45) is 0 Å². The molecule has 148 valence electrons. The monoisotopic (exact) mass is 406 g/mol. The lowest BCUT2D eigenvalue weighted by Gasteiger charge is -2.07. The number of carbonyl (C=O) groups excluding carboxylic acids is 1. The number of thioether (sulfide) groups is 1. The number of benzene rings is 2. The van der Waals surface area contributed by atoms with E-state index in [-0.39, 0.29) is 5.91 Å². The van der Waals surface area contributed by atoms with E-state index in [2.05, 4.69) is 16.4 Å². The highest BCUT2D eigenvalue weighted by atomic mass is 32.2. The number of hydrogen-bond donors (Lipinski definition) is 1. The number of pyridine rings is 1. The van der Waals surface area contributed by atoms with Gasteiger partial charge in [-0.15, -0.1) is 11.8 Å². The molecule has 0 aliphatic rings. The van der Waals surface area contributed by atoms with E-state index in [0.29, 0.717) is 11.5 Å². The summed E-state index contributed by atoms with van der Waals surface area (Å²) in [6.45, 7) is 0. The molecule has 0 atom stereocenters. The van der Waals surface area contributed by atoms with Crippen LogP contribution in [0.3, 0.4) is 0 Å². The molecule has 5 nitrogen and oxygen atoms in total. The average Bonchev–Trinajstić information content (AvgIpc) is 2.77. The summed E-state index contributed by atoms with van der Waals surface area (Å²) in [6.07, 6.45) is 6.83. The van der Waals surface area contributed by atoms with E-state index in [4.69, 9.17) is 9.47 Å². The summed E-state index contributed by atoms with van der Waals surface area (Å²) in [5, 5.41) is 2.86. The number of ether oxygens (including phenoxy) is 2. The lowest BCUT2D eigenvalue weighted by Crippen LogP contribution is -2.07. The highest BCUT2D eigenvalue weighted by molar-refractivity contribution is 7.98. The third-order valence-electron chi connectivity index (χ3n) is 4.11. The first-order chi connectivity index (χ1) is 14.2. The van der Waals surface area contributed by atoms with Crippen molar-refractivity contribution in [3.05, 3.63) is 84.2 Å². The molecule has 0 saturated carbocycles. The summed E-state index contributed by atoms with van der Waals surface area (Å²) in [5.74, 6) is 1.98. The predicted octanol–water partition coefficient (Wildman–Crippen LogP) is 5.04. The first kappa shape index (κ1) is 20.5. The van der Waals surface area contributed by atoms with Gasteiger partial charge in [-0.1, -0.05) is 6.07 Å². The Morgan fingerprint density at radius 3 is 2.62 bits per heavy atom. The predicted molar refractivity (Wildman–Crippen MR) is 117 cm³/mol. The van der Waals surface area contributed by atoms with E-state index >= 15 is 0 Å². The number of nitrogens with one attached hydrogen (secondary N) is 1. The molecule has 1 aromatic heterocycles. The number of nitrogens with zero attached hydrogens (tertiary/aromatic N) is 1. The average molecular weight is 407 g/mol. The topological polar surface area (TPSA) is 60.5 Å². The van der Waals surface area contributed by atoms with Crippen LogP contribution in [0.2, 0.25) is 0 Å². The fraction of sp³-hybridized carbons (Fsp3) is 0.130. The quantitative estimate of drug-likeness (QED) is 0.419. The standard InChI is InChI=1S/C23H22N2O3S/c1-27-20-9-5-18(22(14-20)28-2)6-12-23(26)25-19-7-10-21(11-8-19)29-16-17-4-3-13-24-15-17/h3-15H,16H2,1-2H3,(H,25,26)/b12-6+. The molecule has 2 aromatic carbocycles. The van der Waals surface area contributed by atoms with Crippen molar-refractivity contribution < 1.29 is 14.3 Å². The van der Waals surface area contributed by atoms with Gasteiger partial charge in [-0.3, -0.25) is 9.78 Å². The Bertz CT molecular complexity index is 973. The zero-order chi connectivity index (χ0) is 20.5. The van der Waals surface area contributed by atoms with E-state index in [0.717, 1.165) is 21.9 Å². The minimum atomic E-state index is -0.210. The van der Waals surface area contributed by atoms with Crippen molar-refractivity contribution in [3.63, 3.8) is 0 Å². The molecule has 29 heavy (non-hydrogen) atoms. The number of hydrogen-bond acceptors (Lipinski definition) is 5. The summed E-state index contributed by atoms with van der Waals surface area (Å²) >= 11 is 1.72. The summed E-state index contributed by atoms with van der Waals surface area (Å²) in [4.78, 5) is 17.5. The van der Waals surface area contributed by atoms with Gasteiger partial charge in [-0.25, -0.2) is 0 Å². The molecule has 0 saturated heterocycles. The number of carbonyl (C=O) groups is 1. The van der Waals surface area contributed by atoms with Crippen LogP contribution in [0.1, 0.15) is 11.1 Å². The molecule has 0 fully saturated rings. The molecule has 0 aliphatic carbocycles. The van der Waals surface area contributed by atoms with Crippen molar-refractivity contribution in [2.45, 2.75) is 10.6 Å². The number of anilines is 1. The number of rotatable bonds is 8. The molecule has 0 spiro atoms. The Morgan fingerprint density at radius 1 is 1.10 bits per heavy atom. The molecule has 1 heterocycles. The Morgan fingerprint density at radius 2 is 1.93 bits per heavy atom. The van der Waals surface area contributed by atoms with Crippen LogP contribution in [0.25, 0.3) is 6.08 Å². The first-order valence-electron chi connectivity index (χ1n) is 9.01. The molecular weight excluding hydrogens is 384 g/mol. The SMILES string of the molecule is COc1ccc(/C=C/C(=O)Nc2ccc(SCc3cccnc3)cc2)c(OC)c1. The van der Waals surface area contributed by atoms with Crippen molar-refractivity contribution in [1.29, 1.82) is 0 Å². The molecule has 0 aliphatic heterocycles. The minimum Gasteiger partial charge on any atom is -0.497 e. The molecule has 1 N–H and O–H groups in total. The van der Waals surface area contributed by atoms with E-state index in [1.165, 1.54) is 11.6 Å². The molecule has 6 heteroatoms. The Balaban J connectivity index is 1.56. The highest BCUT2D eigenvalue weighted by Gasteiger charge is 2.04. The second-order valence-corrected chi connectivity index (χ2v) is 7.15. The number of methoxy groups -OCH3 is 2. The molecule has 0 unspecified atom stereocenters. The van der Waals surface area contributed by atoms with E-state index < -0.39 is 0 Å². The molecule has 0 radical (unpaired) electrons. The van der Waals surface area contributed by atoms with Gasteiger partial charge in [0.1, 0.15) is 11.5 Å². The largest absolute Gasteiger partial charge is 0.497 e. The second kappa shape index (κ2) is 10.3. The second-order valence-electron chi connectivity index (χ2n) is 6.10. The zero-order valence-corrected chi connectivity index (χ0v) is 17.1. The summed E-state index contributed by atoms with van der Waals surface area (Å²) in [5.41, 5.74) is 2.71. The fourth-order valence-corrected chi connectivity index (χ4v) is 3.42. The van der Waals surface area contributed by atoms with Gasteiger partial charge in [0, 0.05) is 46.4 Å². The zero-order valence-electron chi connectivity index (χ0n) is 16.3. The van der Waals surface area contributed by atoms with Gasteiger partial charge >= 0.3 is 0 Å². The molecule has 0 bridgehead atoms. The lowest BCUT2D eigenvalue weighted by atomic mass is 10.1. The molecule has 3 aromatic rings. The lowest BCUT2D eigenvalue weighted by molar-refractivity contribution is -0.111. The van der Waals surface area contributed by atoms with Crippen LogP contribution in [0.15, 0.2) is 78.0 Å². The fourth-order valence-electron chi connectivity index (χ4n) is 2.59. The van der Waals surface area contributed by atoms with Gasteiger partial charge in [-0.2, -0.15) is 0 Å². The van der Waals surface area contributed by atoms with Crippen LogP contribution >= 0.6 is 11.8 Å². The summed E-state index contributed by atoms with van der Waals surface area (Å²) in [7, 11) is 3.18. The Kier molecular flexibility index (Phi) is 7.30. The van der Waals surface area contributed by atoms with Gasteiger partial charge < -0.3 is 14.8 Å². The van der Waals surface area contributed by atoms with Crippen molar-refractivity contribution >= 4 is 29.4 Å². The van der Waals surface area contributed by atoms with Gasteiger partial charge in [-0.05, 0) is 54.1 Å². The highest BCUT2D eigenvalue weighted by Crippen LogP contribution is 2.26. The van der Waals surface area contributed by atoms with Crippen LogP contribution in [0, 0.1) is 0 Å². The third-order valence-corrected chi connectivity index (χ3v) is 5.19. The number of aromatic nitrogens is 1. The number of amides is 1. The normalized spacial score (nSPS) is 10.7. The van der Waals surface area contributed by atoms with Gasteiger partial charge in [0.15, 0.2) is 0 Å². The summed E-state index contributed by atoms with van der Waals surface area (Å²) in [6, 6.07) is 17.2. The summed E-state index contributed by atoms with van der Waals surface area (Å²) < 4.78 is 10.5. The van der Waals surface area contributed by atoms with Crippen LogP contribution < -0.4 is 14.8 Å². The molecular formula is C23H22N2O3S. The van der Waals surface area contributed by atoms with Gasteiger partial charge in [0.05, 0.1) is 14.2 Å². The van der Waals surface area contributed by atoms with Crippen LogP contribution in [-0.2, 0) is 10.5 Å². The minimum absolute atomic E-state index is 0.210. The maximum Gasteiger partial charge on any atom is 0.248 e. The van der Waals surface area contributed by atoms with E-state index in [9.17, 15) is 4.79 Å². The first-order valence-corrected chi connectivity index (χ1v) is 9.99. The van der Waals surface area contributed by atoms with Crippen LogP contribution in [0.5, 0.6) is 11.5 Å². The van der Waals surface area contributed by atoms with E-state index in [1.54, 1.807) is 44.3 Å². The van der Waals surface area contributed by atoms with Crippen molar-refractivity contribution in [1.82, 2.24) is 4.98 Å². The van der Waals surface area contributed by atoms with Crippen LogP contribution in [-0.4, -0.2) is 25.1 Å². The molecule has 1 amide bonds. The molecule has 3 rings (SSSR count). The Hall–Kier alpha value is -3.25. The third kappa shape index (κ3) is 6.12. The van der Waals surface area contributed by atoms with Crippen LogP contribution in [0.4, 0.5) is 5.69 Å². The van der Waals surface area contributed by atoms with Gasteiger partial charge in [0.2, 0.25) is 5.91 Å². The van der Waals surface area contributed by atoms with Gasteiger partial charge in [0.25, 0.3) is 0 Å². The Labute approximate surface area is 174 Å². The maximum atomic E-state index is 12.2.